The van der Waals surface area contributed by atoms with Gasteiger partial charge in [0.25, 0.3) is 10.0 Å². The van der Waals surface area contributed by atoms with E-state index in [-0.39, 0.29) is 26.6 Å². The molecule has 0 saturated carbocycles. The first-order valence-corrected chi connectivity index (χ1v) is 11.2. The number of thioether (sulfide) groups is 1. The highest BCUT2D eigenvalue weighted by Crippen LogP contribution is 2.39. The highest BCUT2D eigenvalue weighted by molar-refractivity contribution is 7.98. The Morgan fingerprint density at radius 1 is 1.03 bits per heavy atom. The van der Waals surface area contributed by atoms with Gasteiger partial charge in [-0.1, -0.05) is 30.0 Å². The average Bonchev–Trinajstić information content (AvgIpc) is 3.14. The monoisotopic (exact) mass is 450 g/mol. The minimum atomic E-state index is -4.72. The Bertz CT molecular complexity index is 1340. The van der Waals surface area contributed by atoms with Gasteiger partial charge in [-0.3, -0.25) is 0 Å². The van der Waals surface area contributed by atoms with E-state index in [0.717, 1.165) is 21.9 Å². The standard InChI is InChI=1S/C19H13F3N4O2S2/c1-29-18-24-10-15(19(20,21)22)16(25-18)14-11-26(17-13(14)8-5-9-23-17)30(27,28)12-6-3-2-4-7-12/h2-11H,1H3. The number of fused-ring (bicyclic) bond motifs is 1. The van der Waals surface area contributed by atoms with E-state index in [1.165, 1.54) is 30.5 Å². The summed E-state index contributed by atoms with van der Waals surface area (Å²) in [7, 11) is -4.09. The maximum atomic E-state index is 13.6. The maximum Gasteiger partial charge on any atom is 0.419 e. The van der Waals surface area contributed by atoms with Gasteiger partial charge in [-0.05, 0) is 30.5 Å². The summed E-state index contributed by atoms with van der Waals surface area (Å²) >= 11 is 1.08. The molecule has 6 nitrogen and oxygen atoms in total. The number of hydrogen-bond donors (Lipinski definition) is 0. The maximum absolute atomic E-state index is 13.6. The van der Waals surface area contributed by atoms with Crippen LogP contribution < -0.4 is 0 Å². The number of rotatable bonds is 4. The van der Waals surface area contributed by atoms with Gasteiger partial charge in [0.05, 0.1) is 10.6 Å². The lowest BCUT2D eigenvalue weighted by molar-refractivity contribution is -0.137. The Balaban J connectivity index is 2.05. The third-order valence-corrected chi connectivity index (χ3v) is 6.57. The summed E-state index contributed by atoms with van der Waals surface area (Å²) in [5, 5.41) is 0.363. The average molecular weight is 450 g/mol. The van der Waals surface area contributed by atoms with E-state index in [4.69, 9.17) is 0 Å². The lowest BCUT2D eigenvalue weighted by atomic mass is 10.1. The van der Waals surface area contributed by atoms with Crippen molar-refractivity contribution in [2.75, 3.05) is 6.26 Å². The molecule has 154 valence electrons. The first kappa shape index (κ1) is 20.4. The molecule has 0 bridgehead atoms. The molecular weight excluding hydrogens is 437 g/mol. The fraction of sp³-hybridized carbons (Fsp3) is 0.105. The van der Waals surface area contributed by atoms with Crippen LogP contribution in [0.25, 0.3) is 22.3 Å². The van der Waals surface area contributed by atoms with Crippen molar-refractivity contribution >= 4 is 32.8 Å². The van der Waals surface area contributed by atoms with Crippen molar-refractivity contribution in [2.24, 2.45) is 0 Å². The number of hydrogen-bond acceptors (Lipinski definition) is 6. The number of alkyl halides is 3. The van der Waals surface area contributed by atoms with Crippen LogP contribution in [0, 0.1) is 0 Å². The highest BCUT2D eigenvalue weighted by atomic mass is 32.2. The Morgan fingerprint density at radius 2 is 1.77 bits per heavy atom. The van der Waals surface area contributed by atoms with Gasteiger partial charge in [-0.2, -0.15) is 13.2 Å². The number of nitrogens with zero attached hydrogens (tertiary/aromatic N) is 4. The molecule has 1 aromatic carbocycles. The van der Waals surface area contributed by atoms with Crippen LogP contribution in [-0.2, 0) is 16.2 Å². The lowest BCUT2D eigenvalue weighted by Gasteiger charge is -2.11. The van der Waals surface area contributed by atoms with Crippen molar-refractivity contribution < 1.29 is 21.6 Å². The molecule has 0 aliphatic rings. The number of benzene rings is 1. The summed E-state index contributed by atoms with van der Waals surface area (Å²) in [6, 6.07) is 10.6. The van der Waals surface area contributed by atoms with Crippen LogP contribution in [0.4, 0.5) is 13.2 Å². The van der Waals surface area contributed by atoms with Gasteiger partial charge in [0.1, 0.15) is 5.56 Å². The minimum Gasteiger partial charge on any atom is -0.237 e. The van der Waals surface area contributed by atoms with E-state index in [2.05, 4.69) is 15.0 Å². The summed E-state index contributed by atoms with van der Waals surface area (Å²) in [6.45, 7) is 0. The zero-order valence-electron chi connectivity index (χ0n) is 15.3. The van der Waals surface area contributed by atoms with Crippen LogP contribution in [0.1, 0.15) is 5.56 Å². The molecule has 0 fully saturated rings. The molecule has 0 aliphatic heterocycles. The van der Waals surface area contributed by atoms with Crippen molar-refractivity contribution in [3.63, 3.8) is 0 Å². The molecule has 0 amide bonds. The Labute approximate surface area is 173 Å². The third-order valence-electron chi connectivity index (χ3n) is 4.34. The summed E-state index contributed by atoms with van der Waals surface area (Å²) in [4.78, 5) is 11.9. The number of halogens is 3. The van der Waals surface area contributed by atoms with Crippen molar-refractivity contribution in [3.8, 4) is 11.3 Å². The van der Waals surface area contributed by atoms with Crippen LogP contribution in [0.5, 0.6) is 0 Å². The van der Waals surface area contributed by atoms with Crippen molar-refractivity contribution in [3.05, 3.63) is 66.6 Å². The molecule has 0 N–H and O–H groups in total. The fourth-order valence-electron chi connectivity index (χ4n) is 2.99. The zero-order valence-corrected chi connectivity index (χ0v) is 17.0. The Morgan fingerprint density at radius 3 is 2.43 bits per heavy atom. The number of pyridine rings is 1. The molecular formula is C19H13F3N4O2S2. The van der Waals surface area contributed by atoms with Crippen LogP contribution in [-0.4, -0.2) is 33.6 Å². The predicted octanol–water partition coefficient (Wildman–Crippen LogP) is 4.47. The van der Waals surface area contributed by atoms with Gasteiger partial charge in [0.2, 0.25) is 0 Å². The first-order valence-electron chi connectivity index (χ1n) is 8.49. The summed E-state index contributed by atoms with van der Waals surface area (Å²) in [6.07, 6.45) is 0.125. The van der Waals surface area contributed by atoms with E-state index in [1.54, 1.807) is 24.5 Å². The van der Waals surface area contributed by atoms with Gasteiger partial charge < -0.3 is 0 Å². The third kappa shape index (κ3) is 3.43. The summed E-state index contributed by atoms with van der Waals surface area (Å²) in [5.41, 5.74) is -1.45. The molecule has 0 aliphatic carbocycles. The Kier molecular flexibility index (Phi) is 5.02. The van der Waals surface area contributed by atoms with Crippen molar-refractivity contribution in [1.82, 2.24) is 18.9 Å². The van der Waals surface area contributed by atoms with Crippen molar-refractivity contribution in [2.45, 2.75) is 16.2 Å². The topological polar surface area (TPSA) is 77.7 Å². The zero-order chi connectivity index (χ0) is 21.5. The van der Waals surface area contributed by atoms with Gasteiger partial charge in [0.15, 0.2) is 10.8 Å². The van der Waals surface area contributed by atoms with E-state index in [9.17, 15) is 21.6 Å². The van der Waals surface area contributed by atoms with Crippen LogP contribution in [0.15, 0.2) is 71.1 Å². The van der Waals surface area contributed by atoms with Gasteiger partial charge in [-0.25, -0.2) is 27.3 Å². The minimum absolute atomic E-state index is 0.00244. The number of aromatic nitrogens is 4. The van der Waals surface area contributed by atoms with Gasteiger partial charge in [0, 0.05) is 29.5 Å². The molecule has 0 atom stereocenters. The van der Waals surface area contributed by atoms with Crippen LogP contribution in [0.3, 0.4) is 0 Å². The van der Waals surface area contributed by atoms with Gasteiger partial charge in [-0.15, -0.1) is 0 Å². The molecule has 3 heterocycles. The second-order valence-electron chi connectivity index (χ2n) is 6.15. The molecule has 0 saturated heterocycles. The lowest BCUT2D eigenvalue weighted by Crippen LogP contribution is -2.12. The highest BCUT2D eigenvalue weighted by Gasteiger charge is 2.36. The van der Waals surface area contributed by atoms with Crippen LogP contribution >= 0.6 is 11.8 Å². The second-order valence-corrected chi connectivity index (χ2v) is 8.74. The van der Waals surface area contributed by atoms with E-state index in [0.29, 0.717) is 6.20 Å². The molecule has 4 aromatic rings. The van der Waals surface area contributed by atoms with Crippen molar-refractivity contribution in [1.29, 1.82) is 0 Å². The second kappa shape index (κ2) is 7.40. The van der Waals surface area contributed by atoms with E-state index in [1.807, 2.05) is 0 Å². The largest absolute Gasteiger partial charge is 0.419 e. The molecule has 3 aromatic heterocycles. The van der Waals surface area contributed by atoms with E-state index < -0.39 is 27.5 Å². The molecule has 4 rings (SSSR count). The molecule has 11 heteroatoms. The van der Waals surface area contributed by atoms with Crippen LogP contribution in [0.2, 0.25) is 0 Å². The summed E-state index contributed by atoms with van der Waals surface area (Å²) < 4.78 is 68.1. The Hall–Kier alpha value is -2.92. The molecule has 0 radical (unpaired) electrons. The molecule has 30 heavy (non-hydrogen) atoms. The van der Waals surface area contributed by atoms with Gasteiger partial charge >= 0.3 is 6.18 Å². The SMILES string of the molecule is CSc1ncc(C(F)(F)F)c(-c2cn(S(=O)(=O)c3ccccc3)c3ncccc23)n1. The molecule has 0 spiro atoms. The first-order chi connectivity index (χ1) is 14.2. The fourth-order valence-corrected chi connectivity index (χ4v) is 4.67. The van der Waals surface area contributed by atoms with E-state index >= 15 is 0 Å². The normalized spacial score (nSPS) is 12.4. The predicted molar refractivity (Wildman–Crippen MR) is 107 cm³/mol. The molecule has 0 unspecified atom stereocenters. The quantitative estimate of drug-likeness (QED) is 0.337. The summed E-state index contributed by atoms with van der Waals surface area (Å²) in [5.74, 6) is 0. The smallest absolute Gasteiger partial charge is 0.237 e.